The Morgan fingerprint density at radius 2 is 1.77 bits per heavy atom. The fourth-order valence-corrected chi connectivity index (χ4v) is 9.03. The molecule has 0 unspecified atom stereocenters. The van der Waals surface area contributed by atoms with E-state index in [4.69, 9.17) is 34.3 Å². The number of aliphatic hydroxyl groups is 2. The summed E-state index contributed by atoms with van der Waals surface area (Å²) in [6, 6.07) is 4.76. The Morgan fingerprint density at radius 3 is 2.38 bits per heavy atom. The third-order valence-electron chi connectivity index (χ3n) is 12.7. The van der Waals surface area contributed by atoms with Crippen LogP contribution >= 0.6 is 0 Å². The smallest absolute Gasteiger partial charge is 0.351 e. The van der Waals surface area contributed by atoms with Gasteiger partial charge in [-0.25, -0.2) is 19.2 Å². The second kappa shape index (κ2) is 21.1. The number of halogens is 1. The average molecular weight is 914 g/mol. The first-order valence-electron chi connectivity index (χ1n) is 22.3. The molecule has 3 aliphatic heterocycles. The molecule has 19 heteroatoms. The first-order chi connectivity index (χ1) is 30.4. The normalized spacial score (nSPS) is 36.8. The zero-order valence-corrected chi connectivity index (χ0v) is 39.7. The molecule has 0 radical (unpaired) electrons. The molecule has 360 valence electrons. The Kier molecular flexibility index (Phi) is 16.7. The van der Waals surface area contributed by atoms with Gasteiger partial charge in [-0.05, 0) is 79.1 Å². The van der Waals surface area contributed by atoms with E-state index in [1.54, 1.807) is 52.8 Å². The van der Waals surface area contributed by atoms with Crippen LogP contribution in [0.3, 0.4) is 0 Å². The van der Waals surface area contributed by atoms with Gasteiger partial charge in [-0.15, -0.1) is 0 Å². The highest BCUT2D eigenvalue weighted by Gasteiger charge is 2.56. The van der Waals surface area contributed by atoms with Crippen molar-refractivity contribution < 1.29 is 57.5 Å². The number of carbonyl (C=O) groups excluding carboxylic acids is 3. The van der Waals surface area contributed by atoms with E-state index in [1.165, 1.54) is 26.2 Å². The van der Waals surface area contributed by atoms with Crippen molar-refractivity contribution in [1.29, 1.82) is 0 Å². The summed E-state index contributed by atoms with van der Waals surface area (Å²) in [6.45, 7) is 15.0. The first-order valence-corrected chi connectivity index (χ1v) is 22.3. The van der Waals surface area contributed by atoms with Crippen LogP contribution in [0.25, 0.3) is 11.4 Å². The van der Waals surface area contributed by atoms with Crippen molar-refractivity contribution in [2.45, 2.75) is 155 Å². The number of cyclic esters (lactones) is 1. The maximum Gasteiger partial charge on any atom is 0.351 e. The maximum atomic E-state index is 17.0. The van der Waals surface area contributed by atoms with Crippen LogP contribution in [-0.4, -0.2) is 146 Å². The predicted octanol–water partition coefficient (Wildman–Crippen LogP) is 4.28. The van der Waals surface area contributed by atoms with Gasteiger partial charge in [0.25, 0.3) is 5.67 Å². The minimum atomic E-state index is -3.24. The molecule has 3 aliphatic rings. The molecule has 0 aliphatic carbocycles. The van der Waals surface area contributed by atoms with Gasteiger partial charge in [-0.2, -0.15) is 0 Å². The second-order valence-electron chi connectivity index (χ2n) is 18.8. The number of nitrogens with zero attached hydrogens (tertiary/aromatic N) is 6. The quantitative estimate of drug-likeness (QED) is 0.181. The van der Waals surface area contributed by atoms with Gasteiger partial charge in [0.15, 0.2) is 18.7 Å². The summed E-state index contributed by atoms with van der Waals surface area (Å²) in [6.07, 6.45) is -3.63. The monoisotopic (exact) mass is 913 g/mol. The number of likely N-dealkylation sites (N-methyl/N-ethyl adjacent to an activating group) is 1. The highest BCUT2D eigenvalue weighted by atomic mass is 19.1. The first kappa shape index (κ1) is 51.6. The lowest BCUT2D eigenvalue weighted by Gasteiger charge is -2.47. The van der Waals surface area contributed by atoms with Crippen LogP contribution in [-0.2, 0) is 49.5 Å². The number of ketones is 1. The molecule has 5 rings (SSSR count). The minimum absolute atomic E-state index is 0.0170. The number of fused-ring (bicyclic) bond motifs is 5. The fraction of sp³-hybridized carbons (Fsp3) is 0.696. The van der Waals surface area contributed by atoms with Crippen molar-refractivity contribution in [2.24, 2.45) is 33.8 Å². The summed E-state index contributed by atoms with van der Waals surface area (Å²) in [4.78, 5) is 67.5. The minimum Gasteiger partial charge on any atom is -0.457 e. The van der Waals surface area contributed by atoms with E-state index in [9.17, 15) is 24.6 Å². The number of aliphatic imine (C=N–C) groups is 1. The number of hydrogen-bond acceptors (Lipinski definition) is 17. The van der Waals surface area contributed by atoms with Crippen molar-refractivity contribution in [3.05, 3.63) is 36.3 Å². The van der Waals surface area contributed by atoms with Crippen molar-refractivity contribution in [2.75, 3.05) is 33.0 Å². The lowest BCUT2D eigenvalue weighted by molar-refractivity contribution is -0.296. The van der Waals surface area contributed by atoms with Gasteiger partial charge in [0.1, 0.15) is 35.0 Å². The Morgan fingerprint density at radius 1 is 1.06 bits per heavy atom. The molecule has 3 saturated heterocycles. The van der Waals surface area contributed by atoms with E-state index in [-0.39, 0.29) is 38.4 Å². The third-order valence-corrected chi connectivity index (χ3v) is 12.7. The van der Waals surface area contributed by atoms with Crippen molar-refractivity contribution in [3.8, 4) is 11.4 Å². The zero-order chi connectivity index (χ0) is 48.2. The number of nitrogens with two attached hydrogens (primary N) is 1. The number of pyridine rings is 1. The summed E-state index contributed by atoms with van der Waals surface area (Å²) in [5.41, 5.74) is 0.871. The lowest BCUT2D eigenvalue weighted by Crippen LogP contribution is -2.61. The number of Topliss-reactive ketones (excluding diaryl/α,β-unsaturated/α-hetero) is 1. The van der Waals surface area contributed by atoms with E-state index in [2.05, 4.69) is 25.1 Å². The van der Waals surface area contributed by atoms with Crippen LogP contribution < -0.4 is 5.73 Å². The van der Waals surface area contributed by atoms with Gasteiger partial charge in [-0.1, -0.05) is 52.8 Å². The Labute approximate surface area is 380 Å². The Balaban J connectivity index is 1.67. The number of anilines is 1. The number of esters is 1. The number of amides is 1. The summed E-state index contributed by atoms with van der Waals surface area (Å²) in [5, 5.41) is 28.6. The molecular weight excluding hydrogens is 846 g/mol. The Bertz CT molecular complexity index is 2050. The molecule has 0 spiro atoms. The predicted molar refractivity (Wildman–Crippen MR) is 238 cm³/mol. The lowest BCUT2D eigenvalue weighted by atomic mass is 9.73. The summed E-state index contributed by atoms with van der Waals surface area (Å²) >= 11 is 0. The van der Waals surface area contributed by atoms with Gasteiger partial charge in [-0.3, -0.25) is 19.6 Å². The molecule has 0 saturated carbocycles. The van der Waals surface area contributed by atoms with Gasteiger partial charge in [0.2, 0.25) is 5.91 Å². The summed E-state index contributed by atoms with van der Waals surface area (Å²) in [7, 11) is 3.63. The zero-order valence-electron chi connectivity index (χ0n) is 39.7. The van der Waals surface area contributed by atoms with Gasteiger partial charge < -0.3 is 49.4 Å². The van der Waals surface area contributed by atoms with Crippen LogP contribution in [0, 0.1) is 23.7 Å². The topological polar surface area (TPSA) is 240 Å². The number of alkyl halides is 1. The Hall–Kier alpha value is -4.37. The van der Waals surface area contributed by atoms with E-state index in [1.807, 2.05) is 32.8 Å². The van der Waals surface area contributed by atoms with Gasteiger partial charge >= 0.3 is 5.97 Å². The van der Waals surface area contributed by atoms with E-state index < -0.39 is 101 Å². The van der Waals surface area contributed by atoms with Crippen molar-refractivity contribution >= 4 is 34.9 Å². The van der Waals surface area contributed by atoms with E-state index in [0.717, 1.165) is 6.92 Å². The maximum absolute atomic E-state index is 17.0. The molecule has 5 heterocycles. The molecule has 2 aromatic rings. The molecule has 1 amide bonds. The largest absolute Gasteiger partial charge is 0.457 e. The number of carbonyl (C=O) groups is 3. The van der Waals surface area contributed by atoms with Crippen LogP contribution in [0.5, 0.6) is 0 Å². The molecule has 2 bridgehead atoms. The van der Waals surface area contributed by atoms with Gasteiger partial charge in [0.05, 0.1) is 60.9 Å². The summed E-state index contributed by atoms with van der Waals surface area (Å²) < 4.78 is 49.0. The SMILES string of the molecule is CC[C@H]1OC(=O)[C@@](C)(F)C(=O)[C@H](C)[C@@H](O[C@@H]2O[C@H](C)C[C@H](N(C)C)[C@H]2O)[C@@]2(C)C[C@@H](C)C(=NC(=O)C(C)C)[C@H](C)[C@H](OC/C(=N\OCc3cnc(-c4cccc(N)n4)cn3)CO2)[C@]1(C)O. The third kappa shape index (κ3) is 11.8. The molecule has 4 N–H and O–H groups in total. The number of rotatable bonds is 9. The van der Waals surface area contributed by atoms with E-state index >= 15 is 4.39 Å². The second-order valence-corrected chi connectivity index (χ2v) is 18.8. The van der Waals surface area contributed by atoms with Gasteiger partial charge in [0, 0.05) is 29.5 Å². The average Bonchev–Trinajstić information content (AvgIpc) is 3.26. The van der Waals surface area contributed by atoms with Crippen LogP contribution in [0.2, 0.25) is 0 Å². The number of aliphatic hydroxyl groups excluding tert-OH is 1. The number of ether oxygens (including phenoxy) is 5. The molecule has 0 aromatic carbocycles. The van der Waals surface area contributed by atoms with Crippen LogP contribution in [0.1, 0.15) is 94.2 Å². The molecule has 3 fully saturated rings. The van der Waals surface area contributed by atoms with Crippen molar-refractivity contribution in [3.63, 3.8) is 0 Å². The number of nitrogen functional groups attached to an aromatic ring is 1. The summed E-state index contributed by atoms with van der Waals surface area (Å²) in [5.74, 6) is -6.29. The van der Waals surface area contributed by atoms with Crippen LogP contribution in [0.4, 0.5) is 10.2 Å². The fourth-order valence-electron chi connectivity index (χ4n) is 9.03. The number of oxime groups is 1. The molecule has 13 atom stereocenters. The number of hydrogen-bond donors (Lipinski definition) is 3. The van der Waals surface area contributed by atoms with Crippen LogP contribution in [0.15, 0.2) is 40.7 Å². The highest BCUT2D eigenvalue weighted by Crippen LogP contribution is 2.41. The standard InChI is InChI=1S/C46H68FN7O11/c1-13-34-46(10,59)40-27(6)36(52-41(57)24(2)3)25(4)18-44(8,61-22-30(21-60-40)53-62-23-29-19-50-32(20-49-29)31-15-14-16-35(48)51-31)39(28(7)38(56)45(9,47)43(58)64-34)65-42-37(55)33(54(11)12)17-26(5)63-42/h14-16,19-20,24-28,33-34,37,39-40,42,55,59H,13,17-18,21-23H2,1-12H3,(H2,48,51)/b52-36?,53-30+/t25-,26-,27+,28+,33+,34-,37-,39-,40+,42+,44-,45+,46-/m1/s1. The molecule has 2 aromatic heterocycles. The number of aromatic nitrogens is 3. The van der Waals surface area contributed by atoms with Crippen molar-refractivity contribution in [1.82, 2.24) is 19.9 Å². The molecular formula is C46H68FN7O11. The van der Waals surface area contributed by atoms with E-state index in [0.29, 0.717) is 35.0 Å². The molecule has 65 heavy (non-hydrogen) atoms. The molecule has 18 nitrogen and oxygen atoms in total. The highest BCUT2D eigenvalue weighted by molar-refractivity contribution is 6.08.